The number of hydrogen-bond donors (Lipinski definition) is 1. The highest BCUT2D eigenvalue weighted by Crippen LogP contribution is 2.29. The van der Waals surface area contributed by atoms with Gasteiger partial charge in [0.1, 0.15) is 5.75 Å². The van der Waals surface area contributed by atoms with E-state index < -0.39 is 0 Å². The van der Waals surface area contributed by atoms with Gasteiger partial charge in [0, 0.05) is 43.2 Å². The van der Waals surface area contributed by atoms with Crippen LogP contribution >= 0.6 is 11.8 Å². The van der Waals surface area contributed by atoms with Crippen LogP contribution < -0.4 is 4.74 Å². The molecule has 0 aliphatic heterocycles. The number of imidazole rings is 1. The highest BCUT2D eigenvalue weighted by atomic mass is 32.2. The van der Waals surface area contributed by atoms with Crippen LogP contribution in [-0.2, 0) is 10.5 Å². The molecule has 0 saturated carbocycles. The SMILES string of the molecule is COCCCOc1ccnc(CSc2nc3cc(-c4ccoc4)ccc3[nH]2)c1C. The van der Waals surface area contributed by atoms with Crippen molar-refractivity contribution >= 4 is 22.8 Å². The molecule has 0 spiro atoms. The van der Waals surface area contributed by atoms with Crippen LogP contribution in [0.1, 0.15) is 17.7 Å². The first-order valence-corrected chi connectivity index (χ1v) is 10.4. The number of fused-ring (bicyclic) bond motifs is 1. The molecule has 4 rings (SSSR count). The molecule has 1 N–H and O–H groups in total. The fraction of sp³-hybridized carbons (Fsp3) is 0.273. The third kappa shape index (κ3) is 4.63. The third-order valence-corrected chi connectivity index (χ3v) is 5.56. The number of aromatic amines is 1. The Bertz CT molecular complexity index is 1080. The molecule has 150 valence electrons. The maximum absolute atomic E-state index is 5.87. The summed E-state index contributed by atoms with van der Waals surface area (Å²) in [6, 6.07) is 10.0. The molecule has 0 aliphatic rings. The van der Waals surface area contributed by atoms with E-state index in [0.29, 0.717) is 13.2 Å². The minimum absolute atomic E-state index is 0.633. The second kappa shape index (κ2) is 9.15. The van der Waals surface area contributed by atoms with E-state index in [9.17, 15) is 0 Å². The van der Waals surface area contributed by atoms with E-state index in [1.807, 2.05) is 25.1 Å². The van der Waals surface area contributed by atoms with Gasteiger partial charge in [-0.25, -0.2) is 4.98 Å². The molecule has 0 fully saturated rings. The maximum atomic E-state index is 5.87. The summed E-state index contributed by atoms with van der Waals surface area (Å²) in [5, 5.41) is 0.872. The lowest BCUT2D eigenvalue weighted by Crippen LogP contribution is -2.04. The van der Waals surface area contributed by atoms with Crippen LogP contribution in [0.4, 0.5) is 0 Å². The predicted octanol–water partition coefficient (Wildman–Crippen LogP) is 5.23. The number of nitrogens with one attached hydrogen (secondary N) is 1. The highest BCUT2D eigenvalue weighted by molar-refractivity contribution is 7.98. The van der Waals surface area contributed by atoms with Gasteiger partial charge in [-0.15, -0.1) is 0 Å². The normalized spacial score (nSPS) is 11.2. The smallest absolute Gasteiger partial charge is 0.166 e. The van der Waals surface area contributed by atoms with Crippen molar-refractivity contribution in [3.63, 3.8) is 0 Å². The quantitative estimate of drug-likeness (QED) is 0.301. The molecular formula is C22H23N3O3S. The van der Waals surface area contributed by atoms with Gasteiger partial charge in [0.2, 0.25) is 0 Å². The zero-order valence-electron chi connectivity index (χ0n) is 16.5. The van der Waals surface area contributed by atoms with Crippen molar-refractivity contribution in [2.24, 2.45) is 0 Å². The maximum Gasteiger partial charge on any atom is 0.166 e. The molecule has 3 aromatic heterocycles. The Balaban J connectivity index is 1.44. The zero-order valence-corrected chi connectivity index (χ0v) is 17.3. The number of thioether (sulfide) groups is 1. The summed E-state index contributed by atoms with van der Waals surface area (Å²) in [5.41, 5.74) is 6.15. The molecule has 7 heteroatoms. The number of nitrogens with zero attached hydrogens (tertiary/aromatic N) is 2. The fourth-order valence-corrected chi connectivity index (χ4v) is 3.95. The number of rotatable bonds is 9. The largest absolute Gasteiger partial charge is 0.493 e. The summed E-state index contributed by atoms with van der Waals surface area (Å²) < 4.78 is 16.1. The lowest BCUT2D eigenvalue weighted by molar-refractivity contribution is 0.172. The Morgan fingerprint density at radius 1 is 1.14 bits per heavy atom. The first-order chi connectivity index (χ1) is 14.2. The van der Waals surface area contributed by atoms with Crippen molar-refractivity contribution in [1.82, 2.24) is 15.0 Å². The van der Waals surface area contributed by atoms with Gasteiger partial charge in [0.25, 0.3) is 0 Å². The van der Waals surface area contributed by atoms with Crippen LogP contribution in [0.5, 0.6) is 5.75 Å². The van der Waals surface area contributed by atoms with Crippen LogP contribution in [-0.4, -0.2) is 35.3 Å². The second-order valence-corrected chi connectivity index (χ2v) is 7.61. The Morgan fingerprint density at radius 3 is 2.90 bits per heavy atom. The van der Waals surface area contributed by atoms with Gasteiger partial charge >= 0.3 is 0 Å². The summed E-state index contributed by atoms with van der Waals surface area (Å²) in [6.45, 7) is 3.37. The average molecular weight is 410 g/mol. The number of pyridine rings is 1. The van der Waals surface area contributed by atoms with Crippen LogP contribution in [0, 0.1) is 6.92 Å². The first kappa shape index (κ1) is 19.5. The number of furan rings is 1. The Labute approximate surface area is 173 Å². The zero-order chi connectivity index (χ0) is 20.1. The van der Waals surface area contributed by atoms with E-state index in [4.69, 9.17) is 18.9 Å². The van der Waals surface area contributed by atoms with Gasteiger partial charge in [-0.3, -0.25) is 4.98 Å². The highest BCUT2D eigenvalue weighted by Gasteiger charge is 2.10. The van der Waals surface area contributed by atoms with Crippen molar-refractivity contribution in [3.05, 3.63) is 60.3 Å². The summed E-state index contributed by atoms with van der Waals surface area (Å²) in [7, 11) is 1.70. The number of methoxy groups -OCH3 is 1. The number of hydrogen-bond acceptors (Lipinski definition) is 6. The van der Waals surface area contributed by atoms with E-state index in [1.54, 1.807) is 37.6 Å². The van der Waals surface area contributed by atoms with E-state index in [2.05, 4.69) is 22.1 Å². The minimum atomic E-state index is 0.633. The molecule has 6 nitrogen and oxygen atoms in total. The molecule has 3 heterocycles. The topological polar surface area (TPSA) is 73.2 Å². The first-order valence-electron chi connectivity index (χ1n) is 9.46. The molecule has 0 aliphatic carbocycles. The fourth-order valence-electron chi connectivity index (χ4n) is 3.04. The van der Waals surface area contributed by atoms with Crippen molar-refractivity contribution in [3.8, 4) is 16.9 Å². The second-order valence-electron chi connectivity index (χ2n) is 6.65. The number of benzene rings is 1. The summed E-state index contributed by atoms with van der Waals surface area (Å²) in [6.07, 6.45) is 6.07. The van der Waals surface area contributed by atoms with Crippen molar-refractivity contribution in [2.45, 2.75) is 24.3 Å². The van der Waals surface area contributed by atoms with E-state index in [1.165, 1.54) is 0 Å². The molecule has 29 heavy (non-hydrogen) atoms. The van der Waals surface area contributed by atoms with Gasteiger partial charge in [0.05, 0.1) is 35.9 Å². The van der Waals surface area contributed by atoms with E-state index in [0.717, 1.165) is 56.5 Å². The van der Waals surface area contributed by atoms with E-state index in [-0.39, 0.29) is 0 Å². The molecule has 0 radical (unpaired) electrons. The molecule has 0 bridgehead atoms. The Kier molecular flexibility index (Phi) is 6.17. The van der Waals surface area contributed by atoms with Crippen molar-refractivity contribution < 1.29 is 13.9 Å². The molecule has 1 aromatic carbocycles. The third-order valence-electron chi connectivity index (χ3n) is 4.67. The summed E-state index contributed by atoms with van der Waals surface area (Å²) in [4.78, 5) is 12.6. The van der Waals surface area contributed by atoms with E-state index >= 15 is 0 Å². The number of ether oxygens (including phenoxy) is 2. The molecule has 0 atom stereocenters. The number of aromatic nitrogens is 3. The number of H-pyrrole nitrogens is 1. The average Bonchev–Trinajstić information content (AvgIpc) is 3.40. The molecule has 0 amide bonds. The van der Waals surface area contributed by atoms with Crippen LogP contribution in [0.15, 0.2) is 58.6 Å². The predicted molar refractivity (Wildman–Crippen MR) is 114 cm³/mol. The van der Waals surface area contributed by atoms with Crippen molar-refractivity contribution in [1.29, 1.82) is 0 Å². The molecule has 0 unspecified atom stereocenters. The van der Waals surface area contributed by atoms with Crippen molar-refractivity contribution in [2.75, 3.05) is 20.3 Å². The summed E-state index contributed by atoms with van der Waals surface area (Å²) in [5.74, 6) is 1.59. The minimum Gasteiger partial charge on any atom is -0.493 e. The van der Waals surface area contributed by atoms with Gasteiger partial charge in [-0.05, 0) is 36.8 Å². The van der Waals surface area contributed by atoms with Gasteiger partial charge in [-0.1, -0.05) is 17.8 Å². The van der Waals surface area contributed by atoms with Gasteiger partial charge in [0.15, 0.2) is 5.16 Å². The molecule has 0 saturated heterocycles. The van der Waals surface area contributed by atoms with Gasteiger partial charge < -0.3 is 18.9 Å². The Morgan fingerprint density at radius 2 is 2.07 bits per heavy atom. The van der Waals surface area contributed by atoms with Gasteiger partial charge in [-0.2, -0.15) is 0 Å². The Hall–Kier alpha value is -2.77. The molecular weight excluding hydrogens is 386 g/mol. The van der Waals surface area contributed by atoms with Crippen LogP contribution in [0.2, 0.25) is 0 Å². The van der Waals surface area contributed by atoms with Crippen LogP contribution in [0.25, 0.3) is 22.2 Å². The summed E-state index contributed by atoms with van der Waals surface area (Å²) >= 11 is 1.63. The van der Waals surface area contributed by atoms with Crippen LogP contribution in [0.3, 0.4) is 0 Å². The monoisotopic (exact) mass is 409 g/mol. The lowest BCUT2D eigenvalue weighted by atomic mass is 10.1. The lowest BCUT2D eigenvalue weighted by Gasteiger charge is -2.11. The standard InChI is InChI=1S/C22H23N3O3S/c1-15-20(23-8-6-21(15)28-10-3-9-26-2)14-29-22-24-18-5-4-16(12-19(18)25-22)17-7-11-27-13-17/h4-8,11-13H,3,9-10,14H2,1-2H3,(H,24,25). The molecule has 4 aromatic rings.